The van der Waals surface area contributed by atoms with Crippen molar-refractivity contribution < 1.29 is 18.7 Å². The molecular weight excluding hydrogens is 272 g/mol. The summed E-state index contributed by atoms with van der Waals surface area (Å²) in [4.78, 5) is 14.2. The van der Waals surface area contributed by atoms with Gasteiger partial charge in [-0.3, -0.25) is 9.78 Å². The molecule has 0 unspecified atom stereocenters. The zero-order valence-electron chi connectivity index (χ0n) is 7.58. The van der Waals surface area contributed by atoms with Crippen LogP contribution in [0.1, 0.15) is 23.2 Å². The summed E-state index contributed by atoms with van der Waals surface area (Å²) in [6.45, 7) is 0. The van der Waals surface area contributed by atoms with Crippen LogP contribution in [-0.2, 0) is 16.5 Å². The molecule has 1 aromatic heterocycles. The highest BCUT2D eigenvalue weighted by Gasteiger charge is 2.14. The number of aromatic nitrogens is 1. The summed E-state index contributed by atoms with van der Waals surface area (Å²) >= 11 is 3.06. The molecule has 82 valence electrons. The van der Waals surface area contributed by atoms with E-state index >= 15 is 0 Å². The fourth-order valence-electron chi connectivity index (χ4n) is 1.11. The second-order valence-corrected chi connectivity index (χ2v) is 3.44. The molecule has 0 saturated carbocycles. The van der Waals surface area contributed by atoms with Crippen molar-refractivity contribution >= 4 is 21.9 Å². The van der Waals surface area contributed by atoms with Crippen molar-refractivity contribution in [3.8, 4) is 0 Å². The van der Waals surface area contributed by atoms with Crippen molar-refractivity contribution in [1.29, 1.82) is 0 Å². The van der Waals surface area contributed by atoms with E-state index < -0.39 is 12.4 Å². The van der Waals surface area contributed by atoms with Gasteiger partial charge in [-0.15, -0.1) is 0 Å². The molecule has 1 rings (SSSR count). The van der Waals surface area contributed by atoms with Crippen LogP contribution in [0.4, 0.5) is 8.78 Å². The first kappa shape index (κ1) is 12.0. The average molecular weight is 280 g/mol. The molecule has 0 fully saturated rings. The molecule has 0 amide bonds. The largest absolute Gasteiger partial charge is 0.481 e. The standard InChI is InChI=1S/C9H8BrF2NO2/c10-3-5-4-13-6(2-8(14)15)1-7(5)9(11)12/h1,4,9H,2-3H2,(H,14,15). The lowest BCUT2D eigenvalue weighted by Crippen LogP contribution is -2.04. The van der Waals surface area contributed by atoms with Crippen molar-refractivity contribution in [2.75, 3.05) is 0 Å². The fraction of sp³-hybridized carbons (Fsp3) is 0.333. The minimum atomic E-state index is -2.62. The second-order valence-electron chi connectivity index (χ2n) is 2.88. The maximum Gasteiger partial charge on any atom is 0.309 e. The number of aliphatic carboxylic acids is 1. The zero-order chi connectivity index (χ0) is 11.4. The minimum absolute atomic E-state index is 0.141. The third-order valence-corrected chi connectivity index (χ3v) is 2.39. The number of pyridine rings is 1. The van der Waals surface area contributed by atoms with Crippen molar-refractivity contribution in [3.05, 3.63) is 29.1 Å². The topological polar surface area (TPSA) is 50.2 Å². The molecule has 3 nitrogen and oxygen atoms in total. The number of carboxylic acid groups (broad SMARTS) is 1. The van der Waals surface area contributed by atoms with Crippen molar-refractivity contribution in [2.45, 2.75) is 18.2 Å². The van der Waals surface area contributed by atoms with Crippen LogP contribution in [0, 0.1) is 0 Å². The maximum absolute atomic E-state index is 12.5. The van der Waals surface area contributed by atoms with E-state index in [1.165, 1.54) is 6.20 Å². The zero-order valence-corrected chi connectivity index (χ0v) is 9.17. The number of hydrogen-bond donors (Lipinski definition) is 1. The number of halogens is 3. The summed E-state index contributed by atoms with van der Waals surface area (Å²) in [7, 11) is 0. The number of hydrogen-bond acceptors (Lipinski definition) is 2. The Morgan fingerprint density at radius 1 is 1.60 bits per heavy atom. The molecule has 15 heavy (non-hydrogen) atoms. The third-order valence-electron chi connectivity index (χ3n) is 1.79. The van der Waals surface area contributed by atoms with Gasteiger partial charge in [0.1, 0.15) is 0 Å². The Hall–Kier alpha value is -1.04. The Balaban J connectivity index is 3.04. The van der Waals surface area contributed by atoms with Gasteiger partial charge >= 0.3 is 5.97 Å². The first-order valence-electron chi connectivity index (χ1n) is 4.08. The SMILES string of the molecule is O=C(O)Cc1cc(C(F)F)c(CBr)cn1. The van der Waals surface area contributed by atoms with Gasteiger partial charge in [-0.1, -0.05) is 15.9 Å². The van der Waals surface area contributed by atoms with Gasteiger partial charge in [0.05, 0.1) is 12.1 Å². The minimum Gasteiger partial charge on any atom is -0.481 e. The lowest BCUT2D eigenvalue weighted by molar-refractivity contribution is -0.136. The highest BCUT2D eigenvalue weighted by molar-refractivity contribution is 9.08. The molecule has 0 spiro atoms. The van der Waals surface area contributed by atoms with Gasteiger partial charge < -0.3 is 5.11 Å². The molecule has 0 aliphatic rings. The smallest absolute Gasteiger partial charge is 0.309 e. The van der Waals surface area contributed by atoms with Crippen molar-refractivity contribution in [3.63, 3.8) is 0 Å². The van der Waals surface area contributed by atoms with E-state index in [9.17, 15) is 13.6 Å². The van der Waals surface area contributed by atoms with Crippen LogP contribution in [-0.4, -0.2) is 16.1 Å². The van der Waals surface area contributed by atoms with Gasteiger partial charge in [0.25, 0.3) is 6.43 Å². The van der Waals surface area contributed by atoms with E-state index in [1.54, 1.807) is 0 Å². The molecular formula is C9H8BrF2NO2. The summed E-state index contributed by atoms with van der Waals surface area (Å²) in [5.41, 5.74) is 0.347. The van der Waals surface area contributed by atoms with Crippen LogP contribution in [0.3, 0.4) is 0 Å². The van der Waals surface area contributed by atoms with Crippen molar-refractivity contribution in [2.24, 2.45) is 0 Å². The van der Waals surface area contributed by atoms with Gasteiger partial charge in [-0.2, -0.15) is 0 Å². The average Bonchev–Trinajstić information content (AvgIpc) is 2.16. The molecule has 1 aromatic rings. The third kappa shape index (κ3) is 3.23. The summed E-state index contributed by atoms with van der Waals surface area (Å²) in [5.74, 6) is -1.09. The number of carbonyl (C=O) groups is 1. The van der Waals surface area contributed by atoms with E-state index in [2.05, 4.69) is 20.9 Å². The molecule has 0 aliphatic heterocycles. The molecule has 1 N–H and O–H groups in total. The van der Waals surface area contributed by atoms with Gasteiger partial charge in [0, 0.05) is 17.1 Å². The van der Waals surface area contributed by atoms with Gasteiger partial charge in [0.15, 0.2) is 0 Å². The van der Waals surface area contributed by atoms with Gasteiger partial charge in [-0.05, 0) is 11.6 Å². The van der Waals surface area contributed by atoms with Crippen LogP contribution in [0.15, 0.2) is 12.3 Å². The number of nitrogens with zero attached hydrogens (tertiary/aromatic N) is 1. The Morgan fingerprint density at radius 3 is 2.73 bits per heavy atom. The normalized spacial score (nSPS) is 10.7. The number of carboxylic acids is 1. The summed E-state index contributed by atoms with van der Waals surface area (Å²) in [6, 6.07) is 1.13. The second kappa shape index (κ2) is 5.16. The first-order valence-corrected chi connectivity index (χ1v) is 5.20. The van der Waals surface area contributed by atoms with Gasteiger partial charge in [-0.25, -0.2) is 8.78 Å². The molecule has 0 atom stereocenters. The summed E-state index contributed by atoms with van der Waals surface area (Å²) < 4.78 is 25.1. The monoisotopic (exact) mass is 279 g/mol. The molecule has 0 saturated heterocycles. The van der Waals surface area contributed by atoms with E-state index in [0.717, 1.165) is 6.07 Å². The van der Waals surface area contributed by atoms with E-state index in [1.807, 2.05) is 0 Å². The Bertz CT molecular complexity index is 371. The van der Waals surface area contributed by atoms with Gasteiger partial charge in [0.2, 0.25) is 0 Å². The Labute approximate surface area is 93.3 Å². The molecule has 6 heteroatoms. The van der Waals surface area contributed by atoms with E-state index in [4.69, 9.17) is 5.11 Å². The van der Waals surface area contributed by atoms with Crippen LogP contribution in [0.25, 0.3) is 0 Å². The Morgan fingerprint density at radius 2 is 2.27 bits per heavy atom. The predicted octanol–water partition coefficient (Wildman–Crippen LogP) is 2.54. The molecule has 0 bridgehead atoms. The highest BCUT2D eigenvalue weighted by Crippen LogP contribution is 2.24. The highest BCUT2D eigenvalue weighted by atomic mass is 79.9. The number of rotatable bonds is 4. The first-order chi connectivity index (χ1) is 7.04. The van der Waals surface area contributed by atoms with E-state index in [-0.39, 0.29) is 23.0 Å². The molecule has 0 aliphatic carbocycles. The van der Waals surface area contributed by atoms with Crippen molar-refractivity contribution in [1.82, 2.24) is 4.98 Å². The van der Waals surface area contributed by atoms with Crippen LogP contribution < -0.4 is 0 Å². The number of alkyl halides is 3. The Kier molecular flexibility index (Phi) is 4.14. The lowest BCUT2D eigenvalue weighted by atomic mass is 10.1. The molecule has 0 radical (unpaired) electrons. The van der Waals surface area contributed by atoms with Crippen LogP contribution >= 0.6 is 15.9 Å². The van der Waals surface area contributed by atoms with Crippen LogP contribution in [0.5, 0.6) is 0 Å². The predicted molar refractivity (Wildman–Crippen MR) is 53.2 cm³/mol. The van der Waals surface area contributed by atoms with Crippen LogP contribution in [0.2, 0.25) is 0 Å². The maximum atomic E-state index is 12.5. The lowest BCUT2D eigenvalue weighted by Gasteiger charge is -2.07. The summed E-state index contributed by atoms with van der Waals surface area (Å²) in [6.07, 6.45) is -1.69. The fourth-order valence-corrected chi connectivity index (χ4v) is 1.58. The summed E-state index contributed by atoms with van der Waals surface area (Å²) in [5, 5.41) is 8.76. The molecule has 0 aromatic carbocycles. The molecule has 1 heterocycles. The quantitative estimate of drug-likeness (QED) is 0.862. The van der Waals surface area contributed by atoms with E-state index in [0.29, 0.717) is 5.56 Å².